The number of morpholine rings is 1. The van der Waals surface area contributed by atoms with E-state index in [1.54, 1.807) is 0 Å². The topological polar surface area (TPSA) is 70.9 Å². The Balaban J connectivity index is 1.51. The van der Waals surface area contributed by atoms with E-state index in [0.29, 0.717) is 64.7 Å². The first-order chi connectivity index (χ1) is 12.5. The zero-order valence-electron chi connectivity index (χ0n) is 14.5. The molecule has 26 heavy (non-hydrogen) atoms. The molecule has 2 saturated heterocycles. The number of anilines is 1. The molecular formula is C16H23F2N5O3. The van der Waals surface area contributed by atoms with Crippen LogP contribution in [0.1, 0.15) is 0 Å². The Kier molecular flexibility index (Phi) is 6.15. The number of hydrogen-bond donors (Lipinski definition) is 0. The number of piperazine rings is 1. The van der Waals surface area contributed by atoms with Crippen LogP contribution in [0.25, 0.3) is 0 Å². The molecule has 0 aliphatic carbocycles. The van der Waals surface area contributed by atoms with Crippen molar-refractivity contribution >= 4 is 11.6 Å². The van der Waals surface area contributed by atoms with E-state index in [9.17, 15) is 18.4 Å². The zero-order valence-corrected chi connectivity index (χ0v) is 14.5. The van der Waals surface area contributed by atoms with Crippen molar-refractivity contribution in [2.75, 3.05) is 63.9 Å². The average Bonchev–Trinajstić information content (AvgIpc) is 2.64. The van der Waals surface area contributed by atoms with Crippen molar-refractivity contribution in [3.8, 4) is 0 Å². The van der Waals surface area contributed by atoms with Gasteiger partial charge in [0.1, 0.15) is 6.54 Å². The van der Waals surface area contributed by atoms with Crippen LogP contribution in [0, 0.1) is 0 Å². The van der Waals surface area contributed by atoms with Crippen molar-refractivity contribution in [2.45, 2.75) is 13.0 Å². The fraction of sp³-hybridized carbons (Fsp3) is 0.688. The van der Waals surface area contributed by atoms with Crippen LogP contribution in [0.4, 0.5) is 14.5 Å². The molecule has 0 saturated carbocycles. The molecule has 2 aliphatic heterocycles. The van der Waals surface area contributed by atoms with Gasteiger partial charge in [0.2, 0.25) is 5.91 Å². The predicted octanol–water partition coefficient (Wildman–Crippen LogP) is -0.511. The number of halogens is 2. The molecule has 0 unspecified atom stereocenters. The molecule has 10 heteroatoms. The van der Waals surface area contributed by atoms with Gasteiger partial charge >= 0.3 is 0 Å². The lowest BCUT2D eigenvalue weighted by Gasteiger charge is -2.36. The summed E-state index contributed by atoms with van der Waals surface area (Å²) in [5, 5.41) is 3.82. The number of alkyl halides is 2. The number of nitrogens with zero attached hydrogens (tertiary/aromatic N) is 5. The normalized spacial score (nSPS) is 19.2. The maximum Gasteiger partial charge on any atom is 0.269 e. The number of amides is 1. The van der Waals surface area contributed by atoms with Gasteiger partial charge in [0.25, 0.3) is 12.0 Å². The van der Waals surface area contributed by atoms with Gasteiger partial charge in [-0.3, -0.25) is 14.5 Å². The predicted molar refractivity (Wildman–Crippen MR) is 90.6 cm³/mol. The van der Waals surface area contributed by atoms with Gasteiger partial charge in [-0.25, -0.2) is 13.5 Å². The van der Waals surface area contributed by atoms with Gasteiger partial charge in [-0.15, -0.1) is 0 Å². The highest BCUT2D eigenvalue weighted by atomic mass is 19.3. The van der Waals surface area contributed by atoms with E-state index in [0.717, 1.165) is 4.68 Å². The third-order valence-corrected chi connectivity index (χ3v) is 4.63. The summed E-state index contributed by atoms with van der Waals surface area (Å²) in [7, 11) is 0. The van der Waals surface area contributed by atoms with Crippen LogP contribution in [0.2, 0.25) is 0 Å². The van der Waals surface area contributed by atoms with Crippen molar-refractivity contribution in [3.63, 3.8) is 0 Å². The number of carbonyl (C=O) groups is 1. The molecule has 0 N–H and O–H groups in total. The average molecular weight is 371 g/mol. The van der Waals surface area contributed by atoms with Gasteiger partial charge in [0.15, 0.2) is 0 Å². The minimum absolute atomic E-state index is 0.109. The third kappa shape index (κ3) is 4.76. The SMILES string of the molecule is O=C(CN1CCN(c2cnn(CC(F)F)c(=O)c2)CC1)N1CCOCC1. The Morgan fingerprint density at radius 3 is 2.46 bits per heavy atom. The van der Waals surface area contributed by atoms with Crippen LogP contribution in [-0.2, 0) is 16.1 Å². The molecule has 0 radical (unpaired) electrons. The summed E-state index contributed by atoms with van der Waals surface area (Å²) in [6.45, 7) is 4.81. The van der Waals surface area contributed by atoms with E-state index in [-0.39, 0.29) is 5.91 Å². The Morgan fingerprint density at radius 2 is 1.85 bits per heavy atom. The minimum Gasteiger partial charge on any atom is -0.378 e. The number of ether oxygens (including phenoxy) is 1. The second kappa shape index (κ2) is 8.54. The molecule has 8 nitrogen and oxygen atoms in total. The highest BCUT2D eigenvalue weighted by Crippen LogP contribution is 2.13. The van der Waals surface area contributed by atoms with Crippen LogP contribution in [-0.4, -0.2) is 90.9 Å². The smallest absolute Gasteiger partial charge is 0.269 e. The molecule has 3 heterocycles. The van der Waals surface area contributed by atoms with Crippen LogP contribution in [0.15, 0.2) is 17.1 Å². The van der Waals surface area contributed by atoms with E-state index >= 15 is 0 Å². The number of carbonyl (C=O) groups excluding carboxylic acids is 1. The van der Waals surface area contributed by atoms with Gasteiger partial charge in [-0.1, -0.05) is 0 Å². The molecule has 1 aromatic heterocycles. The summed E-state index contributed by atoms with van der Waals surface area (Å²) < 4.78 is 30.8. The summed E-state index contributed by atoms with van der Waals surface area (Å²) in [4.78, 5) is 30.0. The maximum absolute atomic E-state index is 12.4. The zero-order chi connectivity index (χ0) is 18.5. The van der Waals surface area contributed by atoms with Crippen molar-refractivity contribution in [3.05, 3.63) is 22.6 Å². The fourth-order valence-electron chi connectivity index (χ4n) is 3.13. The minimum atomic E-state index is -2.61. The number of hydrogen-bond acceptors (Lipinski definition) is 6. The lowest BCUT2D eigenvalue weighted by atomic mass is 10.2. The van der Waals surface area contributed by atoms with E-state index in [1.807, 2.05) is 9.80 Å². The van der Waals surface area contributed by atoms with Crippen molar-refractivity contribution in [1.82, 2.24) is 19.6 Å². The molecule has 1 aromatic rings. The standard InChI is InChI=1S/C16H23F2N5O3/c17-14(18)11-23-15(24)9-13(10-19-23)21-3-1-20(2-4-21)12-16(25)22-5-7-26-8-6-22/h9-10,14H,1-8,11-12H2. The number of rotatable bonds is 5. The molecule has 3 rings (SSSR count). The summed E-state index contributed by atoms with van der Waals surface area (Å²) in [5.41, 5.74) is 0.0902. The lowest BCUT2D eigenvalue weighted by molar-refractivity contribution is -0.136. The Hall–Kier alpha value is -2.07. The molecule has 144 valence electrons. The quantitative estimate of drug-likeness (QED) is 0.694. The molecule has 2 fully saturated rings. The summed E-state index contributed by atoms with van der Waals surface area (Å²) >= 11 is 0. The molecular weight excluding hydrogens is 348 g/mol. The van der Waals surface area contributed by atoms with Crippen LogP contribution in [0.3, 0.4) is 0 Å². The first kappa shape index (κ1) is 18.7. The fourth-order valence-corrected chi connectivity index (χ4v) is 3.13. The maximum atomic E-state index is 12.4. The van der Waals surface area contributed by atoms with Gasteiger partial charge in [-0.05, 0) is 0 Å². The molecule has 0 atom stereocenters. The van der Waals surface area contributed by atoms with Gasteiger partial charge in [0, 0.05) is 45.3 Å². The van der Waals surface area contributed by atoms with Crippen molar-refractivity contribution in [1.29, 1.82) is 0 Å². The van der Waals surface area contributed by atoms with E-state index in [2.05, 4.69) is 10.00 Å². The molecule has 0 bridgehead atoms. The summed E-state index contributed by atoms with van der Waals surface area (Å²) in [6, 6.07) is 1.34. The highest BCUT2D eigenvalue weighted by Gasteiger charge is 2.23. The highest BCUT2D eigenvalue weighted by molar-refractivity contribution is 5.78. The van der Waals surface area contributed by atoms with E-state index < -0.39 is 18.5 Å². The molecule has 0 spiro atoms. The molecule has 2 aliphatic rings. The van der Waals surface area contributed by atoms with Crippen molar-refractivity contribution < 1.29 is 18.3 Å². The van der Waals surface area contributed by atoms with Crippen LogP contribution >= 0.6 is 0 Å². The summed E-state index contributed by atoms with van der Waals surface area (Å²) in [5.74, 6) is 0.109. The lowest BCUT2D eigenvalue weighted by Crippen LogP contribution is -2.51. The second-order valence-electron chi connectivity index (χ2n) is 6.38. The second-order valence-corrected chi connectivity index (χ2v) is 6.38. The largest absolute Gasteiger partial charge is 0.378 e. The van der Waals surface area contributed by atoms with E-state index in [4.69, 9.17) is 4.74 Å². The van der Waals surface area contributed by atoms with Crippen molar-refractivity contribution in [2.24, 2.45) is 0 Å². The van der Waals surface area contributed by atoms with Gasteiger partial charge in [-0.2, -0.15) is 5.10 Å². The van der Waals surface area contributed by atoms with Crippen LogP contribution < -0.4 is 10.5 Å². The Labute approximate surface area is 149 Å². The third-order valence-electron chi connectivity index (χ3n) is 4.63. The summed E-state index contributed by atoms with van der Waals surface area (Å²) in [6.07, 6.45) is -1.17. The number of aromatic nitrogens is 2. The van der Waals surface area contributed by atoms with E-state index in [1.165, 1.54) is 12.3 Å². The first-order valence-electron chi connectivity index (χ1n) is 8.71. The monoisotopic (exact) mass is 371 g/mol. The van der Waals surface area contributed by atoms with Gasteiger partial charge in [0.05, 0.1) is 31.6 Å². The Morgan fingerprint density at radius 1 is 1.15 bits per heavy atom. The first-order valence-corrected chi connectivity index (χ1v) is 8.71. The molecule has 0 aromatic carbocycles. The molecule has 1 amide bonds. The van der Waals surface area contributed by atoms with Crippen LogP contribution in [0.5, 0.6) is 0 Å². The Bertz CT molecular complexity index is 670. The van der Waals surface area contributed by atoms with Gasteiger partial charge < -0.3 is 14.5 Å².